The van der Waals surface area contributed by atoms with E-state index in [2.05, 4.69) is 84.6 Å². The Kier molecular flexibility index (Phi) is 7.64. The normalized spacial score (nSPS) is 28.4. The van der Waals surface area contributed by atoms with Crippen molar-refractivity contribution in [3.63, 3.8) is 0 Å². The fourth-order valence-corrected chi connectivity index (χ4v) is 6.58. The Morgan fingerprint density at radius 3 is 1.48 bits per heavy atom. The van der Waals surface area contributed by atoms with Gasteiger partial charge in [0.2, 0.25) is 0 Å². The van der Waals surface area contributed by atoms with E-state index in [1.54, 1.807) is 0 Å². The van der Waals surface area contributed by atoms with Crippen LogP contribution in [-0.4, -0.2) is 49.8 Å². The maximum absolute atomic E-state index is 6.20. The van der Waals surface area contributed by atoms with Gasteiger partial charge >= 0.3 is 0 Å². The number of nitrogens with zero attached hydrogens (tertiary/aromatic N) is 1. The lowest BCUT2D eigenvalue weighted by atomic mass is 9.98. The maximum atomic E-state index is 6.20. The van der Waals surface area contributed by atoms with Gasteiger partial charge in [-0.3, -0.25) is 0 Å². The molecule has 0 radical (unpaired) electrons. The van der Waals surface area contributed by atoms with Crippen LogP contribution in [0.3, 0.4) is 0 Å². The van der Waals surface area contributed by atoms with E-state index in [1.165, 1.54) is 42.4 Å². The molecule has 0 bridgehead atoms. The molecule has 0 amide bonds. The van der Waals surface area contributed by atoms with E-state index in [1.807, 2.05) is 0 Å². The van der Waals surface area contributed by atoms with E-state index in [4.69, 9.17) is 18.9 Å². The van der Waals surface area contributed by atoms with Crippen molar-refractivity contribution >= 4 is 17.1 Å². The van der Waals surface area contributed by atoms with Crippen molar-refractivity contribution in [1.82, 2.24) is 0 Å². The van der Waals surface area contributed by atoms with Gasteiger partial charge in [0.1, 0.15) is 12.2 Å². The summed E-state index contributed by atoms with van der Waals surface area (Å²) in [4.78, 5) is 2.33. The molecule has 6 atom stereocenters. The van der Waals surface area contributed by atoms with Gasteiger partial charge in [-0.1, -0.05) is 42.0 Å². The van der Waals surface area contributed by atoms with Crippen LogP contribution in [0.2, 0.25) is 0 Å². The molecular formula is C35H41NO4. The zero-order chi connectivity index (χ0) is 26.9. The quantitative estimate of drug-likeness (QED) is 0.241. The molecule has 3 aromatic rings. The van der Waals surface area contributed by atoms with E-state index in [-0.39, 0.29) is 12.2 Å². The molecule has 4 fully saturated rings. The van der Waals surface area contributed by atoms with E-state index < -0.39 is 0 Å². The molecule has 5 heteroatoms. The average Bonchev–Trinajstić information content (AvgIpc) is 3.91. The van der Waals surface area contributed by atoms with Gasteiger partial charge in [-0.15, -0.1) is 0 Å². The summed E-state index contributed by atoms with van der Waals surface area (Å²) >= 11 is 0. The van der Waals surface area contributed by atoms with Gasteiger partial charge in [0, 0.05) is 17.1 Å². The lowest BCUT2D eigenvalue weighted by molar-refractivity contribution is 0.0267. The number of aryl methyl sites for hydroxylation is 1. The molecule has 2 heterocycles. The van der Waals surface area contributed by atoms with Crippen molar-refractivity contribution in [3.8, 4) is 0 Å². The van der Waals surface area contributed by atoms with Crippen LogP contribution in [0, 0.1) is 6.92 Å². The third-order valence-corrected chi connectivity index (χ3v) is 9.06. The molecule has 2 saturated carbocycles. The van der Waals surface area contributed by atoms with Crippen LogP contribution >= 0.6 is 0 Å². The van der Waals surface area contributed by atoms with Gasteiger partial charge in [0.25, 0.3) is 0 Å². The predicted octanol–water partition coefficient (Wildman–Crippen LogP) is 7.22. The van der Waals surface area contributed by atoms with Crippen molar-refractivity contribution in [2.24, 2.45) is 0 Å². The number of fused-ring (bicyclic) bond motifs is 2. The topological polar surface area (TPSA) is 46.8 Å². The minimum atomic E-state index is 0.288. The van der Waals surface area contributed by atoms with E-state index in [9.17, 15) is 0 Å². The second kappa shape index (κ2) is 11.7. The van der Waals surface area contributed by atoms with Crippen molar-refractivity contribution in [2.45, 2.75) is 94.9 Å². The monoisotopic (exact) mass is 539 g/mol. The van der Waals surface area contributed by atoms with Gasteiger partial charge < -0.3 is 23.8 Å². The maximum Gasteiger partial charge on any atom is 0.110 e. The first-order valence-corrected chi connectivity index (χ1v) is 15.3. The Morgan fingerprint density at radius 2 is 1.02 bits per heavy atom. The molecule has 2 saturated heterocycles. The van der Waals surface area contributed by atoms with Crippen LogP contribution in [0.1, 0.15) is 55.2 Å². The summed E-state index contributed by atoms with van der Waals surface area (Å²) in [5, 5.41) is 0. The SMILES string of the molecule is Cc1ccc(N(c2ccc(CCOC3CCCC4OC34)cc2)c2ccc(CCOC3CCCC4OC34)cc2)cc1. The van der Waals surface area contributed by atoms with Crippen molar-refractivity contribution in [3.05, 3.63) is 89.5 Å². The van der Waals surface area contributed by atoms with E-state index in [0.717, 1.165) is 56.0 Å². The van der Waals surface area contributed by atoms with Crippen LogP contribution in [0.4, 0.5) is 17.1 Å². The molecule has 0 N–H and O–H groups in total. The van der Waals surface area contributed by atoms with Crippen molar-refractivity contribution in [2.75, 3.05) is 18.1 Å². The highest BCUT2D eigenvalue weighted by molar-refractivity contribution is 5.76. The Hall–Kier alpha value is -2.70. The molecule has 0 aromatic heterocycles. The first-order valence-electron chi connectivity index (χ1n) is 15.3. The van der Waals surface area contributed by atoms with Crippen LogP contribution in [-0.2, 0) is 31.8 Å². The zero-order valence-corrected chi connectivity index (χ0v) is 23.5. The molecule has 2 aliphatic heterocycles. The fraction of sp³-hybridized carbons (Fsp3) is 0.486. The molecule has 4 aliphatic rings. The highest BCUT2D eigenvalue weighted by Gasteiger charge is 2.48. The molecule has 0 spiro atoms. The molecule has 3 aromatic carbocycles. The van der Waals surface area contributed by atoms with E-state index >= 15 is 0 Å². The molecule has 5 nitrogen and oxygen atoms in total. The molecule has 210 valence electrons. The Balaban J connectivity index is 0.996. The van der Waals surface area contributed by atoms with Crippen LogP contribution in [0.5, 0.6) is 0 Å². The number of hydrogen-bond donors (Lipinski definition) is 0. The van der Waals surface area contributed by atoms with Crippen LogP contribution < -0.4 is 4.90 Å². The van der Waals surface area contributed by atoms with Crippen molar-refractivity contribution in [1.29, 1.82) is 0 Å². The summed E-state index contributed by atoms with van der Waals surface area (Å²) in [5.41, 5.74) is 7.33. The van der Waals surface area contributed by atoms with Gasteiger partial charge in [0.05, 0.1) is 37.6 Å². The Bertz CT molecular complexity index is 1180. The lowest BCUT2D eigenvalue weighted by Gasteiger charge is -2.26. The number of epoxide rings is 2. The van der Waals surface area contributed by atoms with Gasteiger partial charge in [0.15, 0.2) is 0 Å². The molecular weight excluding hydrogens is 498 g/mol. The first-order chi connectivity index (χ1) is 19.7. The number of benzene rings is 3. The second-order valence-corrected chi connectivity index (χ2v) is 12.0. The first kappa shape index (κ1) is 26.2. The second-order valence-electron chi connectivity index (χ2n) is 12.0. The molecule has 40 heavy (non-hydrogen) atoms. The zero-order valence-electron chi connectivity index (χ0n) is 23.5. The predicted molar refractivity (Wildman–Crippen MR) is 158 cm³/mol. The minimum Gasteiger partial charge on any atom is -0.375 e. The number of rotatable bonds is 11. The molecule has 6 unspecified atom stereocenters. The third kappa shape index (κ3) is 5.99. The summed E-state index contributed by atoms with van der Waals surface area (Å²) in [5.74, 6) is 0. The summed E-state index contributed by atoms with van der Waals surface area (Å²) in [6.07, 6.45) is 11.2. The van der Waals surface area contributed by atoms with E-state index in [0.29, 0.717) is 24.4 Å². The van der Waals surface area contributed by atoms with Gasteiger partial charge in [-0.2, -0.15) is 0 Å². The Labute approximate surface area is 238 Å². The lowest BCUT2D eigenvalue weighted by Crippen LogP contribution is -2.26. The standard InChI is InChI=1S/C35H41NO4/c1-24-8-14-27(15-9-24)36(28-16-10-25(11-17-28)20-22-37-30-4-2-6-32-34(30)39-32)29-18-12-26(13-19-29)21-23-38-31-5-3-7-33-35(31)40-33/h8-19,30-35H,2-7,20-23H2,1H3. The summed E-state index contributed by atoms with van der Waals surface area (Å²) < 4.78 is 23.9. The highest BCUT2D eigenvalue weighted by atomic mass is 16.6. The highest BCUT2D eigenvalue weighted by Crippen LogP contribution is 2.39. The van der Waals surface area contributed by atoms with Crippen LogP contribution in [0.15, 0.2) is 72.8 Å². The molecule has 2 aliphatic carbocycles. The average molecular weight is 540 g/mol. The summed E-state index contributed by atoms with van der Waals surface area (Å²) in [7, 11) is 0. The van der Waals surface area contributed by atoms with Crippen molar-refractivity contribution < 1.29 is 18.9 Å². The summed E-state index contributed by atoms with van der Waals surface area (Å²) in [6.45, 7) is 3.63. The van der Waals surface area contributed by atoms with Crippen LogP contribution in [0.25, 0.3) is 0 Å². The largest absolute Gasteiger partial charge is 0.375 e. The summed E-state index contributed by atoms with van der Waals surface area (Å²) in [6, 6.07) is 26.6. The third-order valence-electron chi connectivity index (χ3n) is 9.06. The van der Waals surface area contributed by atoms with Gasteiger partial charge in [-0.05, 0) is 106 Å². The molecule has 7 rings (SSSR count). The Morgan fingerprint density at radius 1 is 0.600 bits per heavy atom. The van der Waals surface area contributed by atoms with Gasteiger partial charge in [-0.25, -0.2) is 0 Å². The smallest absolute Gasteiger partial charge is 0.110 e. The number of hydrogen-bond acceptors (Lipinski definition) is 5. The number of ether oxygens (including phenoxy) is 4. The number of anilines is 3. The minimum absolute atomic E-state index is 0.288. The fourth-order valence-electron chi connectivity index (χ4n) is 6.58.